The summed E-state index contributed by atoms with van der Waals surface area (Å²) in [5.41, 5.74) is 0. The van der Waals surface area contributed by atoms with Crippen molar-refractivity contribution in [2.24, 2.45) is 0 Å². The molecule has 2 N–H and O–H groups in total. The molecular weight excluding hydrogens is 102 g/mol. The minimum Gasteiger partial charge on any atom is -0.444 e. The van der Waals surface area contributed by atoms with Crippen molar-refractivity contribution >= 4 is 0 Å². The third kappa shape index (κ3) is 1.01. The molecule has 1 rings (SSSR count). The summed E-state index contributed by atoms with van der Waals surface area (Å²) >= 11 is 0. The van der Waals surface area contributed by atoms with Crippen LogP contribution in [0.2, 0.25) is 0 Å². The van der Waals surface area contributed by atoms with Gasteiger partial charge in [0, 0.05) is 0 Å². The van der Waals surface area contributed by atoms with Crippen LogP contribution in [0.4, 0.5) is 0 Å². The van der Waals surface area contributed by atoms with E-state index in [1.54, 1.807) is 0 Å². The van der Waals surface area contributed by atoms with Gasteiger partial charge in [-0.15, -0.1) is 0 Å². The molecule has 0 bridgehead atoms. The van der Waals surface area contributed by atoms with Crippen molar-refractivity contribution in [3.8, 4) is 0 Å². The third-order valence-corrected chi connectivity index (χ3v) is 1.91. The zero-order valence-corrected chi connectivity index (χ0v) is 5.35. The van der Waals surface area contributed by atoms with Crippen LogP contribution >= 0.6 is 0 Å². The SMILES string of the molecule is CN1CCC[C@H]1C[OH2+]. The molecule has 0 radical (unpaired) electrons. The van der Waals surface area contributed by atoms with Crippen molar-refractivity contribution in [2.75, 3.05) is 20.2 Å². The van der Waals surface area contributed by atoms with E-state index >= 15 is 0 Å². The zero-order valence-electron chi connectivity index (χ0n) is 5.35. The lowest BCUT2D eigenvalue weighted by atomic mass is 10.2. The lowest BCUT2D eigenvalue weighted by Crippen LogP contribution is -2.27. The first-order chi connectivity index (χ1) is 3.84. The Morgan fingerprint density at radius 1 is 1.75 bits per heavy atom. The van der Waals surface area contributed by atoms with Crippen LogP contribution in [-0.4, -0.2) is 36.2 Å². The summed E-state index contributed by atoms with van der Waals surface area (Å²) in [5, 5.41) is 7.09. The van der Waals surface area contributed by atoms with Crippen LogP contribution in [-0.2, 0) is 0 Å². The predicted octanol–water partition coefficient (Wildman–Crippen LogP) is -0.195. The second kappa shape index (κ2) is 2.46. The van der Waals surface area contributed by atoms with Gasteiger partial charge in [-0.05, 0) is 26.4 Å². The summed E-state index contributed by atoms with van der Waals surface area (Å²) in [6.45, 7) is 1.78. The average Bonchev–Trinajstić information content (AvgIpc) is 2.14. The van der Waals surface area contributed by atoms with Crippen LogP contribution in [0, 0.1) is 0 Å². The molecule has 8 heavy (non-hydrogen) atoms. The summed E-state index contributed by atoms with van der Waals surface area (Å²) in [6.07, 6.45) is 2.53. The molecule has 1 saturated heterocycles. The van der Waals surface area contributed by atoms with E-state index in [9.17, 15) is 0 Å². The average molecular weight is 116 g/mol. The van der Waals surface area contributed by atoms with Crippen LogP contribution in [0.25, 0.3) is 0 Å². The van der Waals surface area contributed by atoms with E-state index in [0.29, 0.717) is 12.6 Å². The Hall–Kier alpha value is -0.0800. The zero-order chi connectivity index (χ0) is 5.98. The summed E-state index contributed by atoms with van der Waals surface area (Å²) in [4.78, 5) is 2.27. The highest BCUT2D eigenvalue weighted by atomic mass is 16.3. The fraction of sp³-hybridized carbons (Fsp3) is 1.00. The van der Waals surface area contributed by atoms with Crippen molar-refractivity contribution < 1.29 is 5.11 Å². The highest BCUT2D eigenvalue weighted by Crippen LogP contribution is 2.12. The topological polar surface area (TPSA) is 26.1 Å². The lowest BCUT2D eigenvalue weighted by molar-refractivity contribution is 0.182. The first-order valence-corrected chi connectivity index (χ1v) is 3.19. The Morgan fingerprint density at radius 2 is 2.50 bits per heavy atom. The molecule has 0 aromatic carbocycles. The molecule has 1 fully saturated rings. The van der Waals surface area contributed by atoms with E-state index in [-0.39, 0.29) is 0 Å². The maximum absolute atomic E-state index is 7.09. The van der Waals surface area contributed by atoms with Crippen LogP contribution in [0.3, 0.4) is 0 Å². The van der Waals surface area contributed by atoms with E-state index < -0.39 is 0 Å². The second-order valence-electron chi connectivity index (χ2n) is 2.48. The molecule has 1 heterocycles. The van der Waals surface area contributed by atoms with E-state index in [1.807, 2.05) is 0 Å². The van der Waals surface area contributed by atoms with Gasteiger partial charge in [-0.25, -0.2) is 0 Å². The first kappa shape index (κ1) is 6.05. The molecule has 1 atom stereocenters. The maximum Gasteiger partial charge on any atom is 0.159 e. The minimum atomic E-state index is 0.565. The highest BCUT2D eigenvalue weighted by Gasteiger charge is 2.21. The van der Waals surface area contributed by atoms with Gasteiger partial charge in [-0.3, -0.25) is 4.90 Å². The van der Waals surface area contributed by atoms with E-state index in [2.05, 4.69) is 11.9 Å². The Morgan fingerprint density at radius 3 is 2.75 bits per heavy atom. The smallest absolute Gasteiger partial charge is 0.159 e. The summed E-state index contributed by atoms with van der Waals surface area (Å²) < 4.78 is 0. The second-order valence-corrected chi connectivity index (χ2v) is 2.48. The summed E-state index contributed by atoms with van der Waals surface area (Å²) in [6, 6.07) is 0.565. The van der Waals surface area contributed by atoms with Gasteiger partial charge in [0.2, 0.25) is 0 Å². The largest absolute Gasteiger partial charge is 0.444 e. The van der Waals surface area contributed by atoms with Crippen molar-refractivity contribution in [3.05, 3.63) is 0 Å². The van der Waals surface area contributed by atoms with Crippen molar-refractivity contribution in [1.29, 1.82) is 0 Å². The van der Waals surface area contributed by atoms with Crippen molar-refractivity contribution in [3.63, 3.8) is 0 Å². The number of rotatable bonds is 1. The Labute approximate surface area is 50.1 Å². The van der Waals surface area contributed by atoms with Crippen LogP contribution in [0.1, 0.15) is 12.8 Å². The van der Waals surface area contributed by atoms with Crippen LogP contribution in [0.15, 0.2) is 0 Å². The first-order valence-electron chi connectivity index (χ1n) is 3.19. The van der Waals surface area contributed by atoms with E-state index in [4.69, 9.17) is 5.11 Å². The highest BCUT2D eigenvalue weighted by molar-refractivity contribution is 4.74. The molecule has 0 amide bonds. The Bertz CT molecular complexity index is 74.9. The number of likely N-dealkylation sites (tertiary alicyclic amines) is 1. The minimum absolute atomic E-state index is 0.565. The third-order valence-electron chi connectivity index (χ3n) is 1.91. The van der Waals surface area contributed by atoms with Crippen LogP contribution < -0.4 is 0 Å². The molecule has 0 aliphatic carbocycles. The number of hydrogen-bond acceptors (Lipinski definition) is 1. The molecule has 2 heteroatoms. The summed E-state index contributed by atoms with van der Waals surface area (Å²) in [5.74, 6) is 0. The molecule has 0 aromatic heterocycles. The summed E-state index contributed by atoms with van der Waals surface area (Å²) in [7, 11) is 2.10. The van der Waals surface area contributed by atoms with Gasteiger partial charge in [0.1, 0.15) is 0 Å². The van der Waals surface area contributed by atoms with Gasteiger partial charge < -0.3 is 5.11 Å². The standard InChI is InChI=1S/C6H13NO/c1-7-4-2-3-6(7)5-8/h6,8H,2-5H2,1H3/p+1/t6-/m0/s1. The normalized spacial score (nSPS) is 31.5. The van der Waals surface area contributed by atoms with Gasteiger partial charge >= 0.3 is 0 Å². The molecule has 0 saturated carbocycles. The van der Waals surface area contributed by atoms with Gasteiger partial charge in [0.15, 0.2) is 6.61 Å². The maximum atomic E-state index is 7.09. The molecule has 1 aliphatic rings. The van der Waals surface area contributed by atoms with Gasteiger partial charge in [-0.2, -0.15) is 0 Å². The molecule has 0 spiro atoms. The fourth-order valence-electron chi connectivity index (χ4n) is 1.24. The van der Waals surface area contributed by atoms with Gasteiger partial charge in [0.25, 0.3) is 0 Å². The molecule has 0 unspecified atom stereocenters. The molecule has 0 aromatic rings. The molecule has 2 nitrogen and oxygen atoms in total. The van der Waals surface area contributed by atoms with Crippen molar-refractivity contribution in [2.45, 2.75) is 18.9 Å². The number of hydrogen-bond donors (Lipinski definition) is 0. The molecule has 1 aliphatic heterocycles. The number of nitrogens with zero attached hydrogens (tertiary/aromatic N) is 1. The molecular formula is C6H14NO+. The quantitative estimate of drug-likeness (QED) is 0.436. The number of likely N-dealkylation sites (N-methyl/N-ethyl adjacent to an activating group) is 1. The van der Waals surface area contributed by atoms with Crippen LogP contribution in [0.5, 0.6) is 0 Å². The fourth-order valence-corrected chi connectivity index (χ4v) is 1.24. The monoisotopic (exact) mass is 116 g/mol. The van der Waals surface area contributed by atoms with Gasteiger partial charge in [0.05, 0.1) is 6.04 Å². The van der Waals surface area contributed by atoms with Crippen molar-refractivity contribution in [1.82, 2.24) is 4.90 Å². The molecule has 48 valence electrons. The Balaban J connectivity index is 2.30. The van der Waals surface area contributed by atoms with Gasteiger partial charge in [-0.1, -0.05) is 0 Å². The van der Waals surface area contributed by atoms with E-state index in [1.165, 1.54) is 19.4 Å². The Kier molecular flexibility index (Phi) is 1.86. The van der Waals surface area contributed by atoms with E-state index in [0.717, 1.165) is 0 Å². The lowest BCUT2D eigenvalue weighted by Gasteiger charge is -2.12. The predicted molar refractivity (Wildman–Crippen MR) is 34.1 cm³/mol.